The molecule has 4 heteroatoms. The number of anilines is 1. The van der Waals surface area contributed by atoms with Crippen LogP contribution in [-0.2, 0) is 14.4 Å². The van der Waals surface area contributed by atoms with E-state index in [1.165, 1.54) is 4.90 Å². The van der Waals surface area contributed by atoms with E-state index in [1.54, 1.807) is 12.1 Å². The Morgan fingerprint density at radius 1 is 0.686 bits per heavy atom. The van der Waals surface area contributed by atoms with Crippen molar-refractivity contribution in [2.75, 3.05) is 4.90 Å². The third kappa shape index (κ3) is 2.60. The topological polar surface area (TPSA) is 54.5 Å². The lowest BCUT2D eigenvalue weighted by Crippen LogP contribution is -2.41. The highest BCUT2D eigenvalue weighted by molar-refractivity contribution is 6.34. The number of benzene rings is 3. The number of rotatable bonds is 5. The molecule has 4 nitrogen and oxygen atoms in total. The van der Waals surface area contributed by atoms with E-state index in [2.05, 4.69) is 0 Å². The van der Waals surface area contributed by atoms with Gasteiger partial charge in [0.2, 0.25) is 11.8 Å². The summed E-state index contributed by atoms with van der Waals surface area (Å²) in [6, 6.07) is 29.0. The minimum absolute atomic E-state index is 0.0222. The smallest absolute Gasteiger partial charge is 0.239 e. The number of ketones is 1. The lowest BCUT2D eigenvalue weighted by molar-refractivity contribution is -0.134. The monoisotopic (exact) mass is 461 g/mol. The summed E-state index contributed by atoms with van der Waals surface area (Å²) in [6.07, 6.45) is 1.26. The van der Waals surface area contributed by atoms with Gasteiger partial charge in [-0.25, -0.2) is 4.90 Å². The summed E-state index contributed by atoms with van der Waals surface area (Å²) in [5.74, 6) is -1.90. The first-order chi connectivity index (χ1) is 17.0. The van der Waals surface area contributed by atoms with Gasteiger partial charge in [-0.2, -0.15) is 0 Å². The molecule has 2 aliphatic carbocycles. The molecule has 35 heavy (non-hydrogen) atoms. The highest BCUT2D eigenvalue weighted by Gasteiger charge is 2.79. The predicted molar refractivity (Wildman–Crippen MR) is 136 cm³/mol. The molecule has 4 atom stereocenters. The van der Waals surface area contributed by atoms with Crippen molar-refractivity contribution >= 4 is 34.4 Å². The van der Waals surface area contributed by atoms with Crippen molar-refractivity contribution in [2.24, 2.45) is 22.7 Å². The first kappa shape index (κ1) is 21.7. The van der Waals surface area contributed by atoms with Crippen molar-refractivity contribution in [1.82, 2.24) is 0 Å². The molecule has 0 radical (unpaired) electrons. The quantitative estimate of drug-likeness (QED) is 0.452. The summed E-state index contributed by atoms with van der Waals surface area (Å²) < 4.78 is 0. The summed E-state index contributed by atoms with van der Waals surface area (Å²) in [4.78, 5) is 44.0. The Morgan fingerprint density at radius 3 is 1.71 bits per heavy atom. The van der Waals surface area contributed by atoms with Gasteiger partial charge in [-0.1, -0.05) is 92.2 Å². The number of allylic oxidation sites excluding steroid dienone is 2. The number of Topliss-reactive ketones (excluding diaryl/α,β-unsaturated/α-hetero) is 1. The van der Waals surface area contributed by atoms with Crippen LogP contribution in [0.3, 0.4) is 0 Å². The van der Waals surface area contributed by atoms with E-state index in [-0.39, 0.29) is 17.6 Å². The molecule has 1 saturated carbocycles. The Bertz CT molecular complexity index is 1380. The van der Waals surface area contributed by atoms with Crippen LogP contribution in [0.15, 0.2) is 91.0 Å². The van der Waals surface area contributed by atoms with Crippen LogP contribution in [0.5, 0.6) is 0 Å². The predicted octanol–water partition coefficient (Wildman–Crippen LogP) is 5.79. The molecular formula is C31H27NO3. The minimum atomic E-state index is -1.08. The standard InChI is InChI=1S/C31H27NO3/c1-3-19-31-24(21-15-9-5-10-16-21)23(20-13-7-4-8-14-20)30(2,29(31)35)25-26(31)28(34)32(27(25)33)22-17-11-6-12-18-22/h4-18,25-26H,3,19H2,1-2H3. The maximum absolute atomic E-state index is 14.6. The van der Waals surface area contributed by atoms with Crippen LogP contribution in [0.25, 0.3) is 11.1 Å². The molecule has 1 saturated heterocycles. The molecular weight excluding hydrogens is 434 g/mol. The summed E-state index contributed by atoms with van der Waals surface area (Å²) in [7, 11) is 0. The number of hydrogen-bond acceptors (Lipinski definition) is 3. The highest BCUT2D eigenvalue weighted by atomic mass is 16.2. The van der Waals surface area contributed by atoms with Crippen molar-refractivity contribution in [2.45, 2.75) is 26.7 Å². The van der Waals surface area contributed by atoms with Gasteiger partial charge in [0.15, 0.2) is 5.78 Å². The number of amides is 2. The molecule has 2 amide bonds. The Morgan fingerprint density at radius 2 is 1.17 bits per heavy atom. The van der Waals surface area contributed by atoms with Crippen molar-refractivity contribution < 1.29 is 14.4 Å². The van der Waals surface area contributed by atoms with Gasteiger partial charge >= 0.3 is 0 Å². The molecule has 0 N–H and O–H groups in total. The van der Waals surface area contributed by atoms with Crippen molar-refractivity contribution in [1.29, 1.82) is 0 Å². The molecule has 0 spiro atoms. The van der Waals surface area contributed by atoms with Crippen LogP contribution >= 0.6 is 0 Å². The zero-order valence-electron chi connectivity index (χ0n) is 19.9. The second kappa shape index (κ2) is 7.61. The zero-order valence-corrected chi connectivity index (χ0v) is 19.9. The number of fused-ring (bicyclic) bond motifs is 5. The number of imide groups is 1. The molecule has 3 aromatic rings. The molecule has 3 aromatic carbocycles. The van der Waals surface area contributed by atoms with E-state index in [4.69, 9.17) is 0 Å². The summed E-state index contributed by atoms with van der Waals surface area (Å²) in [5.41, 5.74) is 2.18. The molecule has 3 aliphatic rings. The number of hydrogen-bond donors (Lipinski definition) is 0. The maximum Gasteiger partial charge on any atom is 0.239 e. The van der Waals surface area contributed by atoms with Crippen molar-refractivity contribution in [3.8, 4) is 0 Å². The fourth-order valence-electron chi connectivity index (χ4n) is 7.19. The Balaban J connectivity index is 1.67. The molecule has 2 bridgehead atoms. The van der Waals surface area contributed by atoms with E-state index in [0.717, 1.165) is 28.7 Å². The molecule has 6 rings (SSSR count). The van der Waals surface area contributed by atoms with Crippen molar-refractivity contribution in [3.05, 3.63) is 102 Å². The second-order valence-corrected chi connectivity index (χ2v) is 10.0. The van der Waals surface area contributed by atoms with Gasteiger partial charge in [-0.05, 0) is 47.8 Å². The average molecular weight is 462 g/mol. The minimum Gasteiger partial charge on any atom is -0.298 e. The van der Waals surface area contributed by atoms with Crippen LogP contribution in [0.1, 0.15) is 37.8 Å². The Labute approximate surface area is 205 Å². The number of nitrogens with zero attached hydrogens (tertiary/aromatic N) is 1. The lowest BCUT2D eigenvalue weighted by Gasteiger charge is -2.37. The fourth-order valence-corrected chi connectivity index (χ4v) is 7.19. The van der Waals surface area contributed by atoms with Gasteiger partial charge in [0.05, 0.1) is 28.4 Å². The van der Waals surface area contributed by atoms with Gasteiger partial charge in [-0.3, -0.25) is 14.4 Å². The summed E-state index contributed by atoms with van der Waals surface area (Å²) in [5, 5.41) is 0. The van der Waals surface area contributed by atoms with E-state index in [9.17, 15) is 14.4 Å². The summed E-state index contributed by atoms with van der Waals surface area (Å²) >= 11 is 0. The third-order valence-electron chi connectivity index (χ3n) is 8.34. The van der Waals surface area contributed by atoms with Gasteiger partial charge in [-0.15, -0.1) is 0 Å². The second-order valence-electron chi connectivity index (χ2n) is 10.0. The van der Waals surface area contributed by atoms with Crippen LogP contribution in [0.2, 0.25) is 0 Å². The first-order valence-electron chi connectivity index (χ1n) is 12.3. The van der Waals surface area contributed by atoms with E-state index in [0.29, 0.717) is 12.1 Å². The van der Waals surface area contributed by atoms with Gasteiger partial charge < -0.3 is 0 Å². The molecule has 2 fully saturated rings. The van der Waals surface area contributed by atoms with Gasteiger partial charge in [0.25, 0.3) is 0 Å². The van der Waals surface area contributed by atoms with Crippen LogP contribution in [0.4, 0.5) is 5.69 Å². The average Bonchev–Trinajstić information content (AvgIpc) is 3.35. The summed E-state index contributed by atoms with van der Waals surface area (Å²) in [6.45, 7) is 3.95. The molecule has 1 aliphatic heterocycles. The third-order valence-corrected chi connectivity index (χ3v) is 8.34. The number of carbonyl (C=O) groups excluding carboxylic acids is 3. The van der Waals surface area contributed by atoms with Crippen molar-refractivity contribution in [3.63, 3.8) is 0 Å². The van der Waals surface area contributed by atoms with Crippen LogP contribution < -0.4 is 4.90 Å². The maximum atomic E-state index is 14.6. The Kier molecular flexibility index (Phi) is 4.72. The lowest BCUT2D eigenvalue weighted by atomic mass is 9.61. The molecule has 0 aromatic heterocycles. The van der Waals surface area contributed by atoms with Gasteiger partial charge in [0, 0.05) is 0 Å². The molecule has 174 valence electrons. The van der Waals surface area contributed by atoms with E-state index >= 15 is 0 Å². The number of para-hydroxylation sites is 1. The normalized spacial score (nSPS) is 29.3. The zero-order chi connectivity index (χ0) is 24.4. The highest BCUT2D eigenvalue weighted by Crippen LogP contribution is 2.74. The van der Waals surface area contributed by atoms with Gasteiger partial charge in [0.1, 0.15) is 0 Å². The number of carbonyl (C=O) groups is 3. The van der Waals surface area contributed by atoms with E-state index < -0.39 is 22.7 Å². The largest absolute Gasteiger partial charge is 0.298 e. The fraction of sp³-hybridized carbons (Fsp3) is 0.258. The Hall–Kier alpha value is -3.79. The van der Waals surface area contributed by atoms with Crippen LogP contribution in [-0.4, -0.2) is 17.6 Å². The molecule has 4 unspecified atom stereocenters. The SMILES string of the molecule is CCCC12C(=O)C(C)(C(c3ccccc3)=C1c1ccccc1)C1C(=O)N(c3ccccc3)C(=O)C12. The van der Waals surface area contributed by atoms with Crippen LogP contribution in [0, 0.1) is 22.7 Å². The molecule has 1 heterocycles. The van der Waals surface area contributed by atoms with E-state index in [1.807, 2.05) is 92.7 Å². The first-order valence-corrected chi connectivity index (χ1v) is 12.3.